The smallest absolute Gasteiger partial charge is 0.305 e. The number of ether oxygens (including phenoxy) is 1. The van der Waals surface area contributed by atoms with Crippen LogP contribution < -0.4 is 5.32 Å². The summed E-state index contributed by atoms with van der Waals surface area (Å²) in [6, 6.07) is -0.607. The van der Waals surface area contributed by atoms with Crippen LogP contribution in [-0.2, 0) is 19.1 Å². The van der Waals surface area contributed by atoms with Crippen LogP contribution in [0.4, 0.5) is 0 Å². The van der Waals surface area contributed by atoms with Gasteiger partial charge in [0.2, 0.25) is 5.91 Å². The number of aldehydes is 1. The number of nitrogens with one attached hydrogen (secondary N) is 1. The van der Waals surface area contributed by atoms with Crippen LogP contribution in [0.1, 0.15) is 33.6 Å². The molecule has 92 valence electrons. The van der Waals surface area contributed by atoms with Crippen LogP contribution in [0.5, 0.6) is 0 Å². The van der Waals surface area contributed by atoms with Crippen molar-refractivity contribution < 1.29 is 19.1 Å². The van der Waals surface area contributed by atoms with Crippen LogP contribution in [0.25, 0.3) is 0 Å². The third-order valence-corrected chi connectivity index (χ3v) is 1.79. The second-order valence-electron chi connectivity index (χ2n) is 4.06. The number of hydrogen-bond donors (Lipinski definition) is 1. The Labute approximate surface area is 95.5 Å². The largest absolute Gasteiger partial charge is 0.465 e. The summed E-state index contributed by atoms with van der Waals surface area (Å²) >= 11 is 0. The fourth-order valence-corrected chi connectivity index (χ4v) is 1.04. The lowest BCUT2D eigenvalue weighted by molar-refractivity contribution is -0.145. The molecule has 5 heteroatoms. The Balaban J connectivity index is 3.79. The van der Waals surface area contributed by atoms with Crippen molar-refractivity contribution in [1.82, 2.24) is 5.32 Å². The Bertz CT molecular complexity index is 250. The summed E-state index contributed by atoms with van der Waals surface area (Å²) in [6.45, 7) is 5.59. The first-order valence-corrected chi connectivity index (χ1v) is 5.33. The maximum Gasteiger partial charge on any atom is 0.305 e. The Morgan fingerprint density at radius 2 is 2.00 bits per heavy atom. The Morgan fingerprint density at radius 3 is 2.44 bits per heavy atom. The van der Waals surface area contributed by atoms with Gasteiger partial charge in [0.25, 0.3) is 0 Å². The van der Waals surface area contributed by atoms with E-state index in [9.17, 15) is 14.4 Å². The molecule has 0 bridgehead atoms. The normalized spacial score (nSPS) is 12.0. The molecular weight excluding hydrogens is 210 g/mol. The van der Waals surface area contributed by atoms with E-state index in [1.807, 2.05) is 13.8 Å². The average Bonchev–Trinajstić information content (AvgIpc) is 2.20. The highest BCUT2D eigenvalue weighted by molar-refractivity contribution is 5.77. The standard InChI is InChI=1S/C11H19NO4/c1-8(2)7-16-11(15)5-4-10(6-13)12-9(3)14/h6,8,10H,4-5,7H2,1-3H3,(H,12,14)/t10-/m0/s1. The number of carbonyl (C=O) groups excluding carboxylic acids is 3. The van der Waals surface area contributed by atoms with Crippen LogP contribution in [0, 0.1) is 5.92 Å². The van der Waals surface area contributed by atoms with Crippen LogP contribution in [0.15, 0.2) is 0 Å². The molecule has 0 heterocycles. The van der Waals surface area contributed by atoms with E-state index in [4.69, 9.17) is 4.74 Å². The Hall–Kier alpha value is -1.39. The predicted molar refractivity (Wildman–Crippen MR) is 58.7 cm³/mol. The van der Waals surface area contributed by atoms with E-state index in [1.54, 1.807) is 0 Å². The van der Waals surface area contributed by atoms with Gasteiger partial charge in [-0.1, -0.05) is 13.8 Å². The fraction of sp³-hybridized carbons (Fsp3) is 0.727. The second kappa shape index (κ2) is 7.84. The summed E-state index contributed by atoms with van der Waals surface area (Å²) in [7, 11) is 0. The van der Waals surface area contributed by atoms with Gasteiger partial charge in [-0.3, -0.25) is 9.59 Å². The highest BCUT2D eigenvalue weighted by Crippen LogP contribution is 2.00. The summed E-state index contributed by atoms with van der Waals surface area (Å²) in [4.78, 5) is 32.4. The SMILES string of the molecule is CC(=O)N[C@H](C=O)CCC(=O)OCC(C)C. The van der Waals surface area contributed by atoms with Crippen molar-refractivity contribution >= 4 is 18.2 Å². The molecular formula is C11H19NO4. The van der Waals surface area contributed by atoms with Gasteiger partial charge in [-0.05, 0) is 12.3 Å². The minimum atomic E-state index is -0.607. The first-order valence-electron chi connectivity index (χ1n) is 5.33. The number of hydrogen-bond acceptors (Lipinski definition) is 4. The molecule has 0 unspecified atom stereocenters. The minimum absolute atomic E-state index is 0.135. The van der Waals surface area contributed by atoms with Crippen molar-refractivity contribution in [3.63, 3.8) is 0 Å². The number of esters is 1. The lowest BCUT2D eigenvalue weighted by Crippen LogP contribution is -2.34. The van der Waals surface area contributed by atoms with E-state index in [-0.39, 0.29) is 24.7 Å². The van der Waals surface area contributed by atoms with Gasteiger partial charge in [0.15, 0.2) is 0 Å². The van der Waals surface area contributed by atoms with Crippen molar-refractivity contribution in [2.24, 2.45) is 5.92 Å². The molecule has 0 fully saturated rings. The fourth-order valence-electron chi connectivity index (χ4n) is 1.04. The van der Waals surface area contributed by atoms with E-state index >= 15 is 0 Å². The molecule has 16 heavy (non-hydrogen) atoms. The quantitative estimate of drug-likeness (QED) is 0.514. The Kier molecular flexibility index (Phi) is 7.16. The molecule has 1 amide bonds. The minimum Gasteiger partial charge on any atom is -0.465 e. The van der Waals surface area contributed by atoms with Gasteiger partial charge in [-0.25, -0.2) is 0 Å². The zero-order chi connectivity index (χ0) is 12.6. The summed E-state index contributed by atoms with van der Waals surface area (Å²) < 4.78 is 4.94. The molecule has 0 aromatic carbocycles. The summed E-state index contributed by atoms with van der Waals surface area (Å²) in [6.07, 6.45) is 1.04. The molecule has 1 N–H and O–H groups in total. The van der Waals surface area contributed by atoms with Crippen molar-refractivity contribution in [2.45, 2.75) is 39.7 Å². The molecule has 0 rings (SSSR count). The second-order valence-corrected chi connectivity index (χ2v) is 4.06. The van der Waals surface area contributed by atoms with Crippen molar-refractivity contribution in [3.05, 3.63) is 0 Å². The van der Waals surface area contributed by atoms with Crippen LogP contribution in [0.2, 0.25) is 0 Å². The zero-order valence-corrected chi connectivity index (χ0v) is 9.99. The Morgan fingerprint density at radius 1 is 1.38 bits per heavy atom. The molecule has 0 aromatic heterocycles. The summed E-state index contributed by atoms with van der Waals surface area (Å²) in [5, 5.41) is 2.44. The third kappa shape index (κ3) is 7.96. The van der Waals surface area contributed by atoms with E-state index in [1.165, 1.54) is 6.92 Å². The molecule has 0 aromatic rings. The topological polar surface area (TPSA) is 72.5 Å². The highest BCUT2D eigenvalue weighted by Gasteiger charge is 2.12. The van der Waals surface area contributed by atoms with Crippen LogP contribution >= 0.6 is 0 Å². The maximum atomic E-state index is 11.2. The number of carbonyl (C=O) groups is 3. The summed E-state index contributed by atoms with van der Waals surface area (Å²) in [5.74, 6) is -0.334. The van der Waals surface area contributed by atoms with E-state index < -0.39 is 6.04 Å². The molecule has 0 saturated heterocycles. The summed E-state index contributed by atoms with van der Waals surface area (Å²) in [5.41, 5.74) is 0. The maximum absolute atomic E-state index is 11.2. The molecule has 0 aliphatic heterocycles. The van der Waals surface area contributed by atoms with Gasteiger partial charge in [0.05, 0.1) is 12.6 Å². The predicted octanol–water partition coefficient (Wildman–Crippen LogP) is 0.669. The van der Waals surface area contributed by atoms with E-state index in [0.717, 1.165) is 0 Å². The molecule has 0 aliphatic rings. The number of rotatable bonds is 7. The molecule has 0 saturated carbocycles. The number of amides is 1. The first-order chi connectivity index (χ1) is 7.45. The van der Waals surface area contributed by atoms with E-state index in [0.29, 0.717) is 18.8 Å². The molecule has 1 atom stereocenters. The third-order valence-electron chi connectivity index (χ3n) is 1.79. The monoisotopic (exact) mass is 229 g/mol. The molecule has 0 spiro atoms. The average molecular weight is 229 g/mol. The van der Waals surface area contributed by atoms with Gasteiger partial charge in [-0.2, -0.15) is 0 Å². The van der Waals surface area contributed by atoms with Gasteiger partial charge in [0, 0.05) is 13.3 Å². The van der Waals surface area contributed by atoms with Crippen molar-refractivity contribution in [2.75, 3.05) is 6.61 Å². The molecule has 0 aliphatic carbocycles. The van der Waals surface area contributed by atoms with Gasteiger partial charge in [0.1, 0.15) is 6.29 Å². The van der Waals surface area contributed by atoms with Crippen LogP contribution in [0.3, 0.4) is 0 Å². The van der Waals surface area contributed by atoms with Crippen LogP contribution in [-0.4, -0.2) is 30.8 Å². The highest BCUT2D eigenvalue weighted by atomic mass is 16.5. The zero-order valence-electron chi connectivity index (χ0n) is 9.99. The van der Waals surface area contributed by atoms with Crippen molar-refractivity contribution in [1.29, 1.82) is 0 Å². The van der Waals surface area contributed by atoms with Gasteiger partial charge < -0.3 is 14.8 Å². The van der Waals surface area contributed by atoms with E-state index in [2.05, 4.69) is 5.32 Å². The van der Waals surface area contributed by atoms with Gasteiger partial charge >= 0.3 is 5.97 Å². The lowest BCUT2D eigenvalue weighted by Gasteiger charge is -2.11. The van der Waals surface area contributed by atoms with Gasteiger partial charge in [-0.15, -0.1) is 0 Å². The molecule has 0 radical (unpaired) electrons. The lowest BCUT2D eigenvalue weighted by atomic mass is 10.2. The van der Waals surface area contributed by atoms with Crippen molar-refractivity contribution in [3.8, 4) is 0 Å². The first kappa shape index (κ1) is 14.6. The molecule has 5 nitrogen and oxygen atoms in total.